The predicted octanol–water partition coefficient (Wildman–Crippen LogP) is 3.63. The Labute approximate surface area is 151 Å². The third kappa shape index (κ3) is 4.98. The molecule has 0 atom stereocenters. The Morgan fingerprint density at radius 3 is 2.56 bits per heavy atom. The Morgan fingerprint density at radius 2 is 1.88 bits per heavy atom. The van der Waals surface area contributed by atoms with Gasteiger partial charge in [0.2, 0.25) is 11.8 Å². The lowest BCUT2D eigenvalue weighted by Gasteiger charge is -2.19. The summed E-state index contributed by atoms with van der Waals surface area (Å²) in [5.74, 6) is 1.74. The van der Waals surface area contributed by atoms with Crippen molar-refractivity contribution in [2.24, 2.45) is 0 Å². The van der Waals surface area contributed by atoms with Gasteiger partial charge in [-0.3, -0.25) is 4.79 Å². The molecule has 1 aliphatic rings. The summed E-state index contributed by atoms with van der Waals surface area (Å²) in [5.41, 5.74) is 0.835. The SMILES string of the molecule is CCOc1ccc(-c2nnc(SCC(=O)N3CCCCCC3)o2)cc1. The van der Waals surface area contributed by atoms with E-state index >= 15 is 0 Å². The lowest BCUT2D eigenvalue weighted by molar-refractivity contribution is -0.128. The number of thioether (sulfide) groups is 1. The normalized spacial score (nSPS) is 15.0. The van der Waals surface area contributed by atoms with Gasteiger partial charge in [-0.1, -0.05) is 24.6 Å². The maximum absolute atomic E-state index is 12.3. The molecule has 1 aromatic carbocycles. The van der Waals surface area contributed by atoms with Crippen molar-refractivity contribution in [3.63, 3.8) is 0 Å². The van der Waals surface area contributed by atoms with E-state index in [1.807, 2.05) is 36.1 Å². The first kappa shape index (κ1) is 17.8. The van der Waals surface area contributed by atoms with E-state index in [0.717, 1.165) is 37.2 Å². The van der Waals surface area contributed by atoms with Gasteiger partial charge in [0.15, 0.2) is 0 Å². The molecule has 134 valence electrons. The zero-order valence-electron chi connectivity index (χ0n) is 14.4. The number of benzene rings is 1. The molecule has 0 spiro atoms. The van der Waals surface area contributed by atoms with Crippen LogP contribution < -0.4 is 4.74 Å². The second kappa shape index (κ2) is 8.89. The van der Waals surface area contributed by atoms with Crippen molar-refractivity contribution >= 4 is 17.7 Å². The van der Waals surface area contributed by atoms with Gasteiger partial charge in [-0.15, -0.1) is 10.2 Å². The van der Waals surface area contributed by atoms with Crippen molar-refractivity contribution in [1.29, 1.82) is 0 Å². The van der Waals surface area contributed by atoms with Crippen molar-refractivity contribution in [2.45, 2.75) is 37.8 Å². The number of nitrogens with zero attached hydrogens (tertiary/aromatic N) is 3. The number of carbonyl (C=O) groups is 1. The van der Waals surface area contributed by atoms with Crippen LogP contribution in [-0.4, -0.2) is 46.5 Å². The molecule has 3 rings (SSSR count). The molecular weight excluding hydrogens is 338 g/mol. The molecule has 1 aliphatic heterocycles. The number of carbonyl (C=O) groups excluding carboxylic acids is 1. The van der Waals surface area contributed by atoms with Gasteiger partial charge in [-0.2, -0.15) is 0 Å². The summed E-state index contributed by atoms with van der Waals surface area (Å²) < 4.78 is 11.1. The Morgan fingerprint density at radius 1 is 1.16 bits per heavy atom. The van der Waals surface area contributed by atoms with Gasteiger partial charge >= 0.3 is 0 Å². The summed E-state index contributed by atoms with van der Waals surface area (Å²) in [4.78, 5) is 14.2. The minimum Gasteiger partial charge on any atom is -0.494 e. The summed E-state index contributed by atoms with van der Waals surface area (Å²) in [6, 6.07) is 7.52. The van der Waals surface area contributed by atoms with Crippen LogP contribution in [0.3, 0.4) is 0 Å². The Kier molecular flexibility index (Phi) is 6.33. The van der Waals surface area contributed by atoms with Crippen molar-refractivity contribution in [1.82, 2.24) is 15.1 Å². The van der Waals surface area contributed by atoms with Crippen LogP contribution in [0.1, 0.15) is 32.6 Å². The Bertz CT molecular complexity index is 679. The molecule has 1 amide bonds. The minimum atomic E-state index is 0.146. The van der Waals surface area contributed by atoms with Gasteiger partial charge in [-0.25, -0.2) is 0 Å². The van der Waals surface area contributed by atoms with E-state index in [0.29, 0.717) is 23.5 Å². The minimum absolute atomic E-state index is 0.146. The molecule has 7 heteroatoms. The van der Waals surface area contributed by atoms with Gasteiger partial charge in [0, 0.05) is 18.7 Å². The molecule has 0 aliphatic carbocycles. The fourth-order valence-electron chi connectivity index (χ4n) is 2.78. The van der Waals surface area contributed by atoms with E-state index in [9.17, 15) is 4.79 Å². The van der Waals surface area contributed by atoms with Crippen molar-refractivity contribution < 1.29 is 13.9 Å². The highest BCUT2D eigenvalue weighted by Gasteiger charge is 2.17. The fourth-order valence-corrected chi connectivity index (χ4v) is 3.45. The summed E-state index contributed by atoms with van der Waals surface area (Å²) >= 11 is 1.30. The average molecular weight is 361 g/mol. The molecule has 0 bridgehead atoms. The average Bonchev–Trinajstić information content (AvgIpc) is 2.94. The largest absolute Gasteiger partial charge is 0.494 e. The third-order valence-corrected chi connectivity index (χ3v) is 4.90. The number of amides is 1. The van der Waals surface area contributed by atoms with E-state index < -0.39 is 0 Å². The standard InChI is InChI=1S/C18H23N3O3S/c1-2-23-15-9-7-14(8-10-15)17-19-20-18(24-17)25-13-16(22)21-11-5-3-4-6-12-21/h7-10H,2-6,11-13H2,1H3. The van der Waals surface area contributed by atoms with Crippen LogP contribution in [0.15, 0.2) is 33.9 Å². The summed E-state index contributed by atoms with van der Waals surface area (Å²) in [5, 5.41) is 8.52. The quantitative estimate of drug-likeness (QED) is 0.732. The number of ether oxygens (including phenoxy) is 1. The topological polar surface area (TPSA) is 68.5 Å². The summed E-state index contributed by atoms with van der Waals surface area (Å²) in [6.45, 7) is 4.30. The second-order valence-electron chi connectivity index (χ2n) is 5.91. The van der Waals surface area contributed by atoms with Crippen LogP contribution in [-0.2, 0) is 4.79 Å². The monoisotopic (exact) mass is 361 g/mol. The first-order valence-corrected chi connectivity index (χ1v) is 9.72. The molecule has 0 N–H and O–H groups in total. The molecule has 1 fully saturated rings. The van der Waals surface area contributed by atoms with Crippen molar-refractivity contribution in [3.8, 4) is 17.2 Å². The highest BCUT2D eigenvalue weighted by Crippen LogP contribution is 2.25. The lowest BCUT2D eigenvalue weighted by Crippen LogP contribution is -2.33. The first-order valence-electron chi connectivity index (χ1n) is 8.73. The number of likely N-dealkylation sites (tertiary alicyclic amines) is 1. The number of rotatable bonds is 6. The van der Waals surface area contributed by atoms with Crippen LogP contribution in [0, 0.1) is 0 Å². The number of hydrogen-bond acceptors (Lipinski definition) is 6. The van der Waals surface area contributed by atoms with Gasteiger partial charge < -0.3 is 14.1 Å². The zero-order valence-corrected chi connectivity index (χ0v) is 15.3. The molecule has 2 heterocycles. The van der Waals surface area contributed by atoms with Gasteiger partial charge in [0.05, 0.1) is 12.4 Å². The Balaban J connectivity index is 1.55. The maximum atomic E-state index is 12.3. The second-order valence-corrected chi connectivity index (χ2v) is 6.84. The van der Waals surface area contributed by atoms with Crippen LogP contribution in [0.5, 0.6) is 5.75 Å². The van der Waals surface area contributed by atoms with E-state index in [-0.39, 0.29) is 5.91 Å². The van der Waals surface area contributed by atoms with Crippen molar-refractivity contribution in [3.05, 3.63) is 24.3 Å². The van der Waals surface area contributed by atoms with Crippen LogP contribution >= 0.6 is 11.8 Å². The molecule has 1 aromatic heterocycles. The number of aromatic nitrogens is 2. The predicted molar refractivity (Wildman–Crippen MR) is 96.7 cm³/mol. The smallest absolute Gasteiger partial charge is 0.277 e. The van der Waals surface area contributed by atoms with E-state index in [1.165, 1.54) is 24.6 Å². The van der Waals surface area contributed by atoms with E-state index in [2.05, 4.69) is 10.2 Å². The number of hydrogen-bond donors (Lipinski definition) is 0. The lowest BCUT2D eigenvalue weighted by atomic mass is 10.2. The maximum Gasteiger partial charge on any atom is 0.277 e. The van der Waals surface area contributed by atoms with Crippen LogP contribution in [0.2, 0.25) is 0 Å². The molecule has 0 unspecified atom stereocenters. The van der Waals surface area contributed by atoms with Gasteiger partial charge in [0.25, 0.3) is 5.22 Å². The molecule has 25 heavy (non-hydrogen) atoms. The third-order valence-electron chi connectivity index (χ3n) is 4.10. The zero-order chi connectivity index (χ0) is 17.5. The van der Waals surface area contributed by atoms with Crippen LogP contribution in [0.25, 0.3) is 11.5 Å². The molecule has 2 aromatic rings. The first-order chi connectivity index (χ1) is 12.3. The van der Waals surface area contributed by atoms with Gasteiger partial charge in [0.1, 0.15) is 5.75 Å². The van der Waals surface area contributed by atoms with E-state index in [4.69, 9.17) is 9.15 Å². The molecule has 6 nitrogen and oxygen atoms in total. The highest BCUT2D eigenvalue weighted by molar-refractivity contribution is 7.99. The summed E-state index contributed by atoms with van der Waals surface area (Å²) in [6.07, 6.45) is 4.62. The van der Waals surface area contributed by atoms with Crippen molar-refractivity contribution in [2.75, 3.05) is 25.4 Å². The fraction of sp³-hybridized carbons (Fsp3) is 0.500. The van der Waals surface area contributed by atoms with Crippen LogP contribution in [0.4, 0.5) is 0 Å². The molecule has 1 saturated heterocycles. The highest BCUT2D eigenvalue weighted by atomic mass is 32.2. The summed E-state index contributed by atoms with van der Waals surface area (Å²) in [7, 11) is 0. The molecule has 0 saturated carbocycles. The molecule has 0 radical (unpaired) electrons. The molecular formula is C18H23N3O3S. The van der Waals surface area contributed by atoms with E-state index in [1.54, 1.807) is 0 Å². The van der Waals surface area contributed by atoms with Gasteiger partial charge in [-0.05, 0) is 44.0 Å². The Hall–Kier alpha value is -2.02.